The third-order valence-corrected chi connectivity index (χ3v) is 3.71. The fourth-order valence-corrected chi connectivity index (χ4v) is 2.51. The number of benzene rings is 3. The fraction of sp³-hybridized carbons (Fsp3) is 0.182. The average molecular weight is 300 g/mol. The summed E-state index contributed by atoms with van der Waals surface area (Å²) in [7, 11) is 0. The Kier molecular flexibility index (Phi) is 5.32. The summed E-state index contributed by atoms with van der Waals surface area (Å²) >= 11 is 0. The zero-order valence-corrected chi connectivity index (χ0v) is 13.2. The predicted molar refractivity (Wildman–Crippen MR) is 96.6 cm³/mol. The SMILES string of the molecule is C(#Cc1ccccc1)CCCCOc1cccc2ccccc12. The fourth-order valence-electron chi connectivity index (χ4n) is 2.51. The van der Waals surface area contributed by atoms with Crippen molar-refractivity contribution in [2.75, 3.05) is 6.61 Å². The quantitative estimate of drug-likeness (QED) is 0.450. The maximum absolute atomic E-state index is 5.94. The van der Waals surface area contributed by atoms with E-state index in [1.54, 1.807) is 0 Å². The van der Waals surface area contributed by atoms with Crippen molar-refractivity contribution >= 4 is 10.8 Å². The van der Waals surface area contributed by atoms with E-state index < -0.39 is 0 Å². The molecule has 3 aromatic rings. The number of hydrogen-bond acceptors (Lipinski definition) is 1. The summed E-state index contributed by atoms with van der Waals surface area (Å²) in [6.07, 6.45) is 2.99. The van der Waals surface area contributed by atoms with Crippen LogP contribution in [0.1, 0.15) is 24.8 Å². The molecular weight excluding hydrogens is 280 g/mol. The molecule has 0 atom stereocenters. The average Bonchev–Trinajstić information content (AvgIpc) is 2.62. The van der Waals surface area contributed by atoms with Crippen molar-refractivity contribution in [3.63, 3.8) is 0 Å². The lowest BCUT2D eigenvalue weighted by Crippen LogP contribution is -1.97. The van der Waals surface area contributed by atoms with Crippen LogP contribution in [0.15, 0.2) is 72.8 Å². The standard InChI is InChI=1S/C22H20O/c1(4-11-19-12-5-3-6-13-19)2-9-18-23-22-17-10-15-20-14-7-8-16-21(20)22/h3,5-8,10,12-17H,1-2,9,18H2. The summed E-state index contributed by atoms with van der Waals surface area (Å²) in [4.78, 5) is 0. The van der Waals surface area contributed by atoms with E-state index in [2.05, 4.69) is 36.1 Å². The van der Waals surface area contributed by atoms with Crippen molar-refractivity contribution < 1.29 is 4.74 Å². The van der Waals surface area contributed by atoms with Gasteiger partial charge in [0.25, 0.3) is 0 Å². The summed E-state index contributed by atoms with van der Waals surface area (Å²) in [6.45, 7) is 0.737. The van der Waals surface area contributed by atoms with Crippen LogP contribution in [-0.4, -0.2) is 6.61 Å². The van der Waals surface area contributed by atoms with E-state index >= 15 is 0 Å². The normalized spacial score (nSPS) is 10.1. The van der Waals surface area contributed by atoms with Gasteiger partial charge in [0.2, 0.25) is 0 Å². The molecule has 0 aliphatic heterocycles. The molecule has 114 valence electrons. The molecule has 0 unspecified atom stereocenters. The zero-order chi connectivity index (χ0) is 15.7. The number of ether oxygens (including phenoxy) is 1. The first kappa shape index (κ1) is 15.2. The van der Waals surface area contributed by atoms with Gasteiger partial charge in [-0.25, -0.2) is 0 Å². The minimum atomic E-state index is 0.737. The van der Waals surface area contributed by atoms with E-state index in [1.807, 2.05) is 48.5 Å². The lowest BCUT2D eigenvalue weighted by atomic mass is 10.1. The predicted octanol–water partition coefficient (Wildman–Crippen LogP) is 5.44. The van der Waals surface area contributed by atoms with Gasteiger partial charge in [0.15, 0.2) is 0 Å². The molecule has 3 aromatic carbocycles. The van der Waals surface area contributed by atoms with Gasteiger partial charge in [0.05, 0.1) is 6.61 Å². The molecule has 0 aliphatic rings. The number of hydrogen-bond donors (Lipinski definition) is 0. The molecule has 0 bridgehead atoms. The minimum absolute atomic E-state index is 0.737. The van der Waals surface area contributed by atoms with Gasteiger partial charge in [-0.05, 0) is 36.4 Å². The Balaban J connectivity index is 1.44. The van der Waals surface area contributed by atoms with Crippen molar-refractivity contribution in [2.45, 2.75) is 19.3 Å². The summed E-state index contributed by atoms with van der Waals surface area (Å²) in [5, 5.41) is 2.40. The highest BCUT2D eigenvalue weighted by molar-refractivity contribution is 5.88. The van der Waals surface area contributed by atoms with E-state index in [0.717, 1.165) is 37.2 Å². The first-order chi connectivity index (χ1) is 11.4. The van der Waals surface area contributed by atoms with Crippen LogP contribution in [0.25, 0.3) is 10.8 Å². The molecule has 0 fully saturated rings. The summed E-state index contributed by atoms with van der Waals surface area (Å²) in [5.41, 5.74) is 1.08. The third-order valence-electron chi connectivity index (χ3n) is 3.71. The molecule has 0 radical (unpaired) electrons. The van der Waals surface area contributed by atoms with Gasteiger partial charge in [-0.3, -0.25) is 0 Å². The molecule has 23 heavy (non-hydrogen) atoms. The molecule has 0 N–H and O–H groups in total. The van der Waals surface area contributed by atoms with E-state index in [9.17, 15) is 0 Å². The van der Waals surface area contributed by atoms with Crippen LogP contribution in [0, 0.1) is 11.8 Å². The first-order valence-corrected chi connectivity index (χ1v) is 8.08. The maximum Gasteiger partial charge on any atom is 0.127 e. The molecule has 1 heteroatoms. The van der Waals surface area contributed by atoms with Crippen molar-refractivity contribution in [2.24, 2.45) is 0 Å². The highest BCUT2D eigenvalue weighted by atomic mass is 16.5. The molecule has 0 aliphatic carbocycles. The topological polar surface area (TPSA) is 9.23 Å². The van der Waals surface area contributed by atoms with Gasteiger partial charge >= 0.3 is 0 Å². The van der Waals surface area contributed by atoms with Gasteiger partial charge in [-0.15, -0.1) is 0 Å². The molecule has 3 rings (SSSR count). The van der Waals surface area contributed by atoms with Crippen LogP contribution in [0.5, 0.6) is 5.75 Å². The van der Waals surface area contributed by atoms with Gasteiger partial charge in [0.1, 0.15) is 5.75 Å². The first-order valence-electron chi connectivity index (χ1n) is 8.08. The van der Waals surface area contributed by atoms with E-state index in [0.29, 0.717) is 0 Å². The number of unbranched alkanes of at least 4 members (excludes halogenated alkanes) is 2. The Morgan fingerprint density at radius 2 is 1.52 bits per heavy atom. The van der Waals surface area contributed by atoms with E-state index in [4.69, 9.17) is 4.74 Å². The van der Waals surface area contributed by atoms with Crippen molar-refractivity contribution in [1.29, 1.82) is 0 Å². The largest absolute Gasteiger partial charge is 0.493 e. The van der Waals surface area contributed by atoms with Crippen LogP contribution in [0.2, 0.25) is 0 Å². The van der Waals surface area contributed by atoms with Gasteiger partial charge in [-0.2, -0.15) is 0 Å². The number of fused-ring (bicyclic) bond motifs is 1. The van der Waals surface area contributed by atoms with Crippen molar-refractivity contribution in [3.8, 4) is 17.6 Å². The van der Waals surface area contributed by atoms with Crippen LogP contribution < -0.4 is 4.74 Å². The molecule has 0 heterocycles. The molecule has 0 spiro atoms. The molecule has 0 aromatic heterocycles. The van der Waals surface area contributed by atoms with Gasteiger partial charge < -0.3 is 4.74 Å². The van der Waals surface area contributed by atoms with Crippen LogP contribution in [0.4, 0.5) is 0 Å². The maximum atomic E-state index is 5.94. The molecule has 1 nitrogen and oxygen atoms in total. The van der Waals surface area contributed by atoms with Crippen LogP contribution >= 0.6 is 0 Å². The smallest absolute Gasteiger partial charge is 0.127 e. The molecule has 0 saturated carbocycles. The molecule has 0 saturated heterocycles. The lowest BCUT2D eigenvalue weighted by Gasteiger charge is -2.08. The summed E-state index contributed by atoms with van der Waals surface area (Å²) in [5.74, 6) is 7.38. The molecular formula is C22H20O. The van der Waals surface area contributed by atoms with E-state index in [1.165, 1.54) is 10.8 Å². The second-order valence-corrected chi connectivity index (χ2v) is 5.45. The monoisotopic (exact) mass is 300 g/mol. The van der Waals surface area contributed by atoms with Crippen LogP contribution in [0.3, 0.4) is 0 Å². The van der Waals surface area contributed by atoms with Gasteiger partial charge in [0, 0.05) is 17.4 Å². The Labute approximate surface area is 137 Å². The Morgan fingerprint density at radius 1 is 0.739 bits per heavy atom. The van der Waals surface area contributed by atoms with Gasteiger partial charge in [-0.1, -0.05) is 66.4 Å². The van der Waals surface area contributed by atoms with Crippen LogP contribution in [-0.2, 0) is 0 Å². The van der Waals surface area contributed by atoms with Crippen molar-refractivity contribution in [3.05, 3.63) is 78.4 Å². The van der Waals surface area contributed by atoms with E-state index in [-0.39, 0.29) is 0 Å². The minimum Gasteiger partial charge on any atom is -0.493 e. The molecule has 0 amide bonds. The third kappa shape index (κ3) is 4.37. The second-order valence-electron chi connectivity index (χ2n) is 5.45. The highest BCUT2D eigenvalue weighted by Gasteiger charge is 2.00. The number of rotatable bonds is 5. The Bertz CT molecular complexity index is 804. The summed E-state index contributed by atoms with van der Waals surface area (Å²) in [6, 6.07) is 24.6. The Morgan fingerprint density at radius 3 is 2.43 bits per heavy atom. The lowest BCUT2D eigenvalue weighted by molar-refractivity contribution is 0.311. The van der Waals surface area contributed by atoms with Crippen molar-refractivity contribution in [1.82, 2.24) is 0 Å². The zero-order valence-electron chi connectivity index (χ0n) is 13.2. The second kappa shape index (κ2) is 8.06. The summed E-state index contributed by atoms with van der Waals surface area (Å²) < 4.78 is 5.94. The highest BCUT2D eigenvalue weighted by Crippen LogP contribution is 2.25. The Hall–Kier alpha value is -2.72.